The van der Waals surface area contributed by atoms with Gasteiger partial charge in [-0.25, -0.2) is 0 Å². The summed E-state index contributed by atoms with van der Waals surface area (Å²) in [6.07, 6.45) is 12.2. The van der Waals surface area contributed by atoms with Crippen LogP contribution in [-0.4, -0.2) is 70.8 Å². The molecule has 0 aromatic heterocycles. The van der Waals surface area contributed by atoms with Gasteiger partial charge in [0.05, 0.1) is 13.2 Å². The predicted molar refractivity (Wildman–Crippen MR) is 115 cm³/mol. The van der Waals surface area contributed by atoms with Gasteiger partial charge in [-0.2, -0.15) is 0 Å². The maximum Gasteiger partial charge on any atom is 0.105 e. The number of hydrogen-bond donors (Lipinski definition) is 3. The van der Waals surface area contributed by atoms with Gasteiger partial charge in [-0.15, -0.1) is 0 Å². The highest BCUT2D eigenvalue weighted by atomic mass is 16.4. The summed E-state index contributed by atoms with van der Waals surface area (Å²) in [4.78, 5) is 11.1. The summed E-state index contributed by atoms with van der Waals surface area (Å²) in [7, 11) is 0. The largest absolute Gasteiger partial charge is 0.550 e. The Balaban J connectivity index is 5.11. The lowest BCUT2D eigenvalue weighted by molar-refractivity contribution is -0.934. The van der Waals surface area contributed by atoms with E-state index < -0.39 is 24.1 Å². The van der Waals surface area contributed by atoms with E-state index in [1.807, 2.05) is 26.0 Å². The number of carbonyl (C=O) groups excluding carboxylic acids is 1. The Morgan fingerprint density at radius 2 is 1.41 bits per heavy atom. The second-order valence-electron chi connectivity index (χ2n) is 8.19. The van der Waals surface area contributed by atoms with Crippen LogP contribution in [0.1, 0.15) is 65.7 Å². The summed E-state index contributed by atoms with van der Waals surface area (Å²) in [5.74, 6) is -1.70. The van der Waals surface area contributed by atoms with Crippen LogP contribution in [0.5, 0.6) is 0 Å². The molecule has 0 amide bonds. The summed E-state index contributed by atoms with van der Waals surface area (Å²) >= 11 is 0. The molecule has 0 aliphatic carbocycles. The van der Waals surface area contributed by atoms with Crippen LogP contribution >= 0.6 is 0 Å². The van der Waals surface area contributed by atoms with Crippen LogP contribution in [-0.2, 0) is 4.79 Å². The third-order valence-corrected chi connectivity index (χ3v) is 5.50. The highest BCUT2D eigenvalue weighted by molar-refractivity contribution is 5.66. The van der Waals surface area contributed by atoms with E-state index in [-0.39, 0.29) is 6.61 Å². The molecular formula is C23H43NO5. The molecule has 170 valence electrons. The molecular weight excluding hydrogens is 370 g/mol. The van der Waals surface area contributed by atoms with Gasteiger partial charge in [-0.05, 0) is 52.4 Å². The molecule has 0 rings (SSSR count). The molecule has 3 unspecified atom stereocenters. The fourth-order valence-electron chi connectivity index (χ4n) is 3.70. The standard InChI is InChI=1S/C23H43NO5/c1-4-6-8-10-12-21(26)18-24(16-17-25,15-14-20(3)23(28)29)19-22(27)13-11-9-7-5-2/h4-7,20-22,25-27H,8-19H2,1-3H3/b6-4+,7-5+. The first-order valence-electron chi connectivity index (χ1n) is 11.1. The highest BCUT2D eigenvalue weighted by Gasteiger charge is 2.33. The number of rotatable bonds is 18. The van der Waals surface area contributed by atoms with E-state index in [9.17, 15) is 25.2 Å². The van der Waals surface area contributed by atoms with Crippen molar-refractivity contribution in [2.75, 3.05) is 32.8 Å². The number of aliphatic hydroxyl groups excluding tert-OH is 3. The summed E-state index contributed by atoms with van der Waals surface area (Å²) in [5.41, 5.74) is 0. The van der Waals surface area contributed by atoms with E-state index in [2.05, 4.69) is 12.2 Å². The number of nitrogens with zero attached hydrogens (tertiary/aromatic N) is 1. The summed E-state index contributed by atoms with van der Waals surface area (Å²) in [6, 6.07) is 0. The molecule has 0 saturated heterocycles. The van der Waals surface area contributed by atoms with Gasteiger partial charge in [-0.3, -0.25) is 0 Å². The van der Waals surface area contributed by atoms with Crippen LogP contribution < -0.4 is 5.11 Å². The summed E-state index contributed by atoms with van der Waals surface area (Å²) in [5, 5.41) is 42.0. The van der Waals surface area contributed by atoms with Crippen molar-refractivity contribution in [1.29, 1.82) is 0 Å². The fraction of sp³-hybridized carbons (Fsp3) is 0.783. The Hall–Kier alpha value is -1.21. The van der Waals surface area contributed by atoms with E-state index in [0.717, 1.165) is 25.7 Å². The van der Waals surface area contributed by atoms with E-state index in [0.29, 0.717) is 49.9 Å². The van der Waals surface area contributed by atoms with Crippen LogP contribution in [0.4, 0.5) is 0 Å². The highest BCUT2D eigenvalue weighted by Crippen LogP contribution is 2.19. The zero-order valence-corrected chi connectivity index (χ0v) is 18.6. The van der Waals surface area contributed by atoms with E-state index >= 15 is 0 Å². The van der Waals surface area contributed by atoms with Gasteiger partial charge in [0.2, 0.25) is 0 Å². The van der Waals surface area contributed by atoms with Crippen LogP contribution in [0, 0.1) is 5.92 Å². The van der Waals surface area contributed by atoms with Crippen molar-refractivity contribution in [2.45, 2.75) is 77.9 Å². The van der Waals surface area contributed by atoms with Crippen LogP contribution in [0.3, 0.4) is 0 Å². The van der Waals surface area contributed by atoms with Gasteiger partial charge in [0.1, 0.15) is 31.8 Å². The topological polar surface area (TPSA) is 101 Å². The van der Waals surface area contributed by atoms with Gasteiger partial charge in [0, 0.05) is 18.3 Å². The number of aliphatic hydroxyl groups is 3. The molecule has 0 saturated carbocycles. The fourth-order valence-corrected chi connectivity index (χ4v) is 3.70. The number of carbonyl (C=O) groups is 1. The number of aliphatic carboxylic acids is 1. The SMILES string of the molecule is C/C=C/CCCC(O)C[N+](CCO)(CCC(C)C(=O)[O-])CC(O)CCC/C=C/C. The quantitative estimate of drug-likeness (QED) is 0.181. The average Bonchev–Trinajstić information content (AvgIpc) is 2.67. The molecule has 0 heterocycles. The minimum Gasteiger partial charge on any atom is -0.550 e. The van der Waals surface area contributed by atoms with Crippen molar-refractivity contribution in [3.8, 4) is 0 Å². The number of unbranched alkanes of at least 4 members (excludes halogenated alkanes) is 2. The number of allylic oxidation sites excluding steroid dienone is 4. The summed E-state index contributed by atoms with van der Waals surface area (Å²) < 4.78 is 0.323. The van der Waals surface area contributed by atoms with Gasteiger partial charge in [0.15, 0.2) is 0 Å². The van der Waals surface area contributed by atoms with Crippen LogP contribution in [0.2, 0.25) is 0 Å². The molecule has 3 atom stereocenters. The normalized spacial score (nSPS) is 17.4. The Kier molecular flexibility index (Phi) is 15.9. The van der Waals surface area contributed by atoms with Crippen molar-refractivity contribution in [1.82, 2.24) is 0 Å². The maximum absolute atomic E-state index is 11.1. The average molecular weight is 414 g/mol. The number of carboxylic acid groups (broad SMARTS) is 1. The zero-order chi connectivity index (χ0) is 22.1. The molecule has 0 spiro atoms. The molecule has 3 N–H and O–H groups in total. The lowest BCUT2D eigenvalue weighted by atomic mass is 10.0. The predicted octanol–water partition coefficient (Wildman–Crippen LogP) is 1.79. The molecule has 0 fully saturated rings. The Bertz CT molecular complexity index is 452. The minimum absolute atomic E-state index is 0.0731. The van der Waals surface area contributed by atoms with Crippen molar-refractivity contribution in [3.63, 3.8) is 0 Å². The molecule has 0 bridgehead atoms. The molecule has 6 nitrogen and oxygen atoms in total. The van der Waals surface area contributed by atoms with Crippen molar-refractivity contribution >= 4 is 5.97 Å². The lowest BCUT2D eigenvalue weighted by Gasteiger charge is -2.42. The van der Waals surface area contributed by atoms with Gasteiger partial charge < -0.3 is 29.7 Å². The van der Waals surface area contributed by atoms with E-state index in [4.69, 9.17) is 0 Å². The zero-order valence-electron chi connectivity index (χ0n) is 18.6. The number of carboxylic acids is 1. The van der Waals surface area contributed by atoms with E-state index in [1.165, 1.54) is 0 Å². The Morgan fingerprint density at radius 1 is 0.931 bits per heavy atom. The second kappa shape index (κ2) is 16.6. The van der Waals surface area contributed by atoms with Gasteiger partial charge >= 0.3 is 0 Å². The third-order valence-electron chi connectivity index (χ3n) is 5.50. The molecule has 0 aromatic carbocycles. The smallest absolute Gasteiger partial charge is 0.105 e. The van der Waals surface area contributed by atoms with Crippen LogP contribution in [0.15, 0.2) is 24.3 Å². The molecule has 0 aliphatic heterocycles. The van der Waals surface area contributed by atoms with Crippen LogP contribution in [0.25, 0.3) is 0 Å². The monoisotopic (exact) mass is 413 g/mol. The first-order chi connectivity index (χ1) is 13.8. The summed E-state index contributed by atoms with van der Waals surface area (Å²) in [6.45, 7) is 7.15. The molecule has 0 radical (unpaired) electrons. The van der Waals surface area contributed by atoms with Gasteiger partial charge in [0.25, 0.3) is 0 Å². The number of hydrogen-bond acceptors (Lipinski definition) is 5. The number of quaternary nitrogens is 1. The first-order valence-corrected chi connectivity index (χ1v) is 11.1. The van der Waals surface area contributed by atoms with Crippen molar-refractivity contribution in [2.24, 2.45) is 5.92 Å². The van der Waals surface area contributed by atoms with E-state index in [1.54, 1.807) is 6.92 Å². The van der Waals surface area contributed by atoms with Gasteiger partial charge in [-0.1, -0.05) is 31.2 Å². The second-order valence-corrected chi connectivity index (χ2v) is 8.19. The minimum atomic E-state index is -1.09. The first kappa shape index (κ1) is 27.8. The maximum atomic E-state index is 11.1. The Labute approximate surface area is 177 Å². The lowest BCUT2D eigenvalue weighted by Crippen LogP contribution is -2.58. The molecule has 6 heteroatoms. The third kappa shape index (κ3) is 13.6. The molecule has 0 aromatic rings. The Morgan fingerprint density at radius 3 is 1.79 bits per heavy atom. The van der Waals surface area contributed by atoms with Crippen molar-refractivity contribution < 1.29 is 29.7 Å². The molecule has 0 aliphatic rings. The van der Waals surface area contributed by atoms with Crippen molar-refractivity contribution in [3.05, 3.63) is 24.3 Å². The molecule has 29 heavy (non-hydrogen) atoms.